The van der Waals surface area contributed by atoms with Crippen molar-refractivity contribution in [2.45, 2.75) is 46.6 Å². The van der Waals surface area contributed by atoms with Crippen LogP contribution in [0.3, 0.4) is 0 Å². The van der Waals surface area contributed by atoms with Gasteiger partial charge in [0.15, 0.2) is 5.13 Å². The second-order valence-corrected chi connectivity index (χ2v) is 7.32. The zero-order valence-corrected chi connectivity index (χ0v) is 18.6. The van der Waals surface area contributed by atoms with Crippen LogP contribution in [0, 0.1) is 6.92 Å². The monoisotopic (exact) mass is 411 g/mol. The standard InChI is InChI=1S/C22H29N3OS.C2H4/c1-4-6-7-9-12-18(5-2)15-24-22-25-17(3)20(27-22)21(26)23-16-19-13-10-8-11-14-19;1-2/h5-8,10-11,13-14H,4,9,12,15-16H2,1-3H3,(H,23,26)(H,24,25);1-2H2/b7-6-,18-5+;. The molecule has 0 unspecified atom stereocenters. The molecule has 2 aromatic rings. The molecular weight excluding hydrogens is 378 g/mol. The van der Waals surface area contributed by atoms with E-state index in [1.807, 2.05) is 37.3 Å². The van der Waals surface area contributed by atoms with Crippen LogP contribution in [-0.4, -0.2) is 17.4 Å². The number of aromatic nitrogens is 1. The summed E-state index contributed by atoms with van der Waals surface area (Å²) < 4.78 is 0. The molecule has 0 fully saturated rings. The van der Waals surface area contributed by atoms with Gasteiger partial charge in [-0.1, -0.05) is 72.4 Å². The van der Waals surface area contributed by atoms with E-state index >= 15 is 0 Å². The molecule has 156 valence electrons. The fourth-order valence-corrected chi connectivity index (χ4v) is 3.50. The van der Waals surface area contributed by atoms with Crippen LogP contribution < -0.4 is 10.6 Å². The maximum Gasteiger partial charge on any atom is 0.263 e. The molecule has 0 radical (unpaired) electrons. The number of allylic oxidation sites excluding steroid dienone is 3. The Balaban J connectivity index is 0.00000204. The van der Waals surface area contributed by atoms with Crippen molar-refractivity contribution in [3.8, 4) is 0 Å². The minimum Gasteiger partial charge on any atom is -0.358 e. The minimum absolute atomic E-state index is 0.0714. The number of thiazole rings is 1. The lowest BCUT2D eigenvalue weighted by Crippen LogP contribution is -2.22. The van der Waals surface area contributed by atoms with Crippen LogP contribution in [0.2, 0.25) is 0 Å². The Bertz CT molecular complexity index is 794. The molecule has 0 aliphatic heterocycles. The summed E-state index contributed by atoms with van der Waals surface area (Å²) in [5.41, 5.74) is 3.20. The summed E-state index contributed by atoms with van der Waals surface area (Å²) in [6.07, 6.45) is 9.75. The molecule has 0 atom stereocenters. The maximum absolute atomic E-state index is 12.5. The highest BCUT2D eigenvalue weighted by atomic mass is 32.1. The summed E-state index contributed by atoms with van der Waals surface area (Å²) in [5.74, 6) is -0.0714. The number of carbonyl (C=O) groups is 1. The van der Waals surface area contributed by atoms with Crippen molar-refractivity contribution in [2.24, 2.45) is 0 Å². The number of aryl methyl sites for hydroxylation is 1. The maximum atomic E-state index is 12.5. The van der Waals surface area contributed by atoms with Crippen LogP contribution in [0.5, 0.6) is 0 Å². The first-order valence-corrected chi connectivity index (χ1v) is 10.8. The van der Waals surface area contributed by atoms with Gasteiger partial charge in [-0.15, -0.1) is 13.2 Å². The minimum atomic E-state index is -0.0714. The van der Waals surface area contributed by atoms with E-state index in [0.717, 1.165) is 42.2 Å². The van der Waals surface area contributed by atoms with Gasteiger partial charge in [0.1, 0.15) is 4.88 Å². The number of rotatable bonds is 10. The largest absolute Gasteiger partial charge is 0.358 e. The molecule has 0 spiro atoms. The van der Waals surface area contributed by atoms with Gasteiger partial charge in [-0.25, -0.2) is 4.98 Å². The van der Waals surface area contributed by atoms with Crippen molar-refractivity contribution in [3.63, 3.8) is 0 Å². The van der Waals surface area contributed by atoms with E-state index in [-0.39, 0.29) is 5.91 Å². The summed E-state index contributed by atoms with van der Waals surface area (Å²) in [5, 5.41) is 7.12. The first kappa shape index (κ1) is 24.4. The summed E-state index contributed by atoms with van der Waals surface area (Å²) in [4.78, 5) is 17.6. The van der Waals surface area contributed by atoms with Gasteiger partial charge in [-0.3, -0.25) is 4.79 Å². The third kappa shape index (κ3) is 8.92. The normalized spacial score (nSPS) is 11.1. The lowest BCUT2D eigenvalue weighted by Gasteiger charge is -2.06. The van der Waals surface area contributed by atoms with Crippen molar-refractivity contribution in [2.75, 3.05) is 11.9 Å². The Morgan fingerprint density at radius 2 is 1.93 bits per heavy atom. The number of anilines is 1. The molecule has 2 N–H and O–H groups in total. The second kappa shape index (κ2) is 14.4. The highest BCUT2D eigenvalue weighted by molar-refractivity contribution is 7.17. The lowest BCUT2D eigenvalue weighted by atomic mass is 10.1. The Morgan fingerprint density at radius 1 is 1.21 bits per heavy atom. The summed E-state index contributed by atoms with van der Waals surface area (Å²) >= 11 is 1.41. The molecule has 2 rings (SSSR count). The van der Waals surface area contributed by atoms with Gasteiger partial charge in [0.2, 0.25) is 0 Å². The molecule has 0 aliphatic rings. The molecule has 29 heavy (non-hydrogen) atoms. The Kier molecular flexibility index (Phi) is 12.1. The zero-order chi connectivity index (χ0) is 21.5. The van der Waals surface area contributed by atoms with Crippen LogP contribution in [0.15, 0.2) is 67.3 Å². The Hall–Kier alpha value is -2.66. The number of amides is 1. The second-order valence-electron chi connectivity index (χ2n) is 6.32. The quantitative estimate of drug-likeness (QED) is 0.452. The highest BCUT2D eigenvalue weighted by Crippen LogP contribution is 2.23. The summed E-state index contributed by atoms with van der Waals surface area (Å²) in [6, 6.07) is 9.91. The molecule has 0 saturated carbocycles. The van der Waals surface area contributed by atoms with Crippen molar-refractivity contribution in [3.05, 3.63) is 83.4 Å². The van der Waals surface area contributed by atoms with E-state index < -0.39 is 0 Å². The zero-order valence-electron chi connectivity index (χ0n) is 17.8. The average Bonchev–Trinajstić information content (AvgIpc) is 3.14. The van der Waals surface area contributed by atoms with Crippen molar-refractivity contribution in [1.29, 1.82) is 0 Å². The van der Waals surface area contributed by atoms with Crippen LogP contribution in [0.25, 0.3) is 0 Å². The molecule has 1 aromatic heterocycles. The van der Waals surface area contributed by atoms with Crippen molar-refractivity contribution < 1.29 is 4.79 Å². The van der Waals surface area contributed by atoms with Gasteiger partial charge < -0.3 is 10.6 Å². The summed E-state index contributed by atoms with van der Waals surface area (Å²) in [6.45, 7) is 13.4. The van der Waals surface area contributed by atoms with E-state index in [2.05, 4.69) is 60.9 Å². The van der Waals surface area contributed by atoms with Gasteiger partial charge in [-0.2, -0.15) is 0 Å². The number of nitrogens with one attached hydrogen (secondary N) is 2. The molecule has 1 aromatic carbocycles. The van der Waals surface area contributed by atoms with Gasteiger partial charge in [-0.05, 0) is 38.7 Å². The highest BCUT2D eigenvalue weighted by Gasteiger charge is 2.15. The van der Waals surface area contributed by atoms with Crippen molar-refractivity contribution in [1.82, 2.24) is 10.3 Å². The van der Waals surface area contributed by atoms with Gasteiger partial charge >= 0.3 is 0 Å². The number of hydrogen-bond acceptors (Lipinski definition) is 4. The first-order chi connectivity index (χ1) is 14.1. The van der Waals surface area contributed by atoms with E-state index in [1.165, 1.54) is 16.9 Å². The molecule has 0 aliphatic carbocycles. The van der Waals surface area contributed by atoms with Crippen LogP contribution in [-0.2, 0) is 6.54 Å². The Labute approximate surface area is 179 Å². The molecule has 1 heterocycles. The smallest absolute Gasteiger partial charge is 0.263 e. The van der Waals surface area contributed by atoms with Crippen LogP contribution >= 0.6 is 11.3 Å². The molecule has 5 heteroatoms. The van der Waals surface area contributed by atoms with E-state index in [4.69, 9.17) is 0 Å². The number of benzene rings is 1. The van der Waals surface area contributed by atoms with Crippen molar-refractivity contribution >= 4 is 22.4 Å². The topological polar surface area (TPSA) is 54.0 Å². The predicted molar refractivity (Wildman–Crippen MR) is 127 cm³/mol. The Morgan fingerprint density at radius 3 is 2.59 bits per heavy atom. The van der Waals surface area contributed by atoms with Crippen LogP contribution in [0.1, 0.15) is 54.0 Å². The summed E-state index contributed by atoms with van der Waals surface area (Å²) in [7, 11) is 0. The SMILES string of the molecule is C/C=C(\CC/C=C\CC)CNc1nc(C)c(C(=O)NCc2ccccc2)s1.C=C. The fourth-order valence-electron chi connectivity index (χ4n) is 2.62. The molecule has 4 nitrogen and oxygen atoms in total. The lowest BCUT2D eigenvalue weighted by molar-refractivity contribution is 0.0954. The predicted octanol–water partition coefficient (Wildman–Crippen LogP) is 6.29. The van der Waals surface area contributed by atoms with E-state index in [0.29, 0.717) is 11.4 Å². The number of hydrogen-bond donors (Lipinski definition) is 2. The van der Waals surface area contributed by atoms with E-state index in [1.54, 1.807) is 0 Å². The molecule has 0 saturated heterocycles. The van der Waals surface area contributed by atoms with Crippen LogP contribution in [0.4, 0.5) is 5.13 Å². The third-order valence-electron chi connectivity index (χ3n) is 4.21. The first-order valence-electron chi connectivity index (χ1n) is 9.96. The van der Waals surface area contributed by atoms with Gasteiger partial charge in [0, 0.05) is 13.1 Å². The number of carbonyl (C=O) groups excluding carboxylic acids is 1. The van der Waals surface area contributed by atoms with Gasteiger partial charge in [0.05, 0.1) is 5.69 Å². The fraction of sp³-hybridized carbons (Fsp3) is 0.333. The number of nitrogens with zero attached hydrogens (tertiary/aromatic N) is 1. The van der Waals surface area contributed by atoms with E-state index in [9.17, 15) is 4.79 Å². The molecule has 0 bridgehead atoms. The third-order valence-corrected chi connectivity index (χ3v) is 5.32. The molecular formula is C24H33N3OS. The molecule has 1 amide bonds. The average molecular weight is 412 g/mol. The van der Waals surface area contributed by atoms with Gasteiger partial charge in [0.25, 0.3) is 5.91 Å².